The fourth-order valence-corrected chi connectivity index (χ4v) is 6.42. The Morgan fingerprint density at radius 1 is 0.667 bits per heavy atom. The molecule has 0 heterocycles. The number of hydrogen-bond donors (Lipinski definition) is 0. The van der Waals surface area contributed by atoms with Crippen molar-refractivity contribution >= 4 is 11.6 Å². The molecule has 0 saturated carbocycles. The van der Waals surface area contributed by atoms with Crippen LogP contribution in [0.4, 0.5) is 0 Å². The zero-order valence-corrected chi connectivity index (χ0v) is 29.8. The van der Waals surface area contributed by atoms with Crippen molar-refractivity contribution in [1.82, 2.24) is 0 Å². The van der Waals surface area contributed by atoms with Gasteiger partial charge >= 0.3 is 0 Å². The monoisotopic (exact) mass is 616 g/mol. The van der Waals surface area contributed by atoms with Crippen molar-refractivity contribution < 1.29 is 19.1 Å². The van der Waals surface area contributed by atoms with Crippen LogP contribution in [-0.2, 0) is 18.3 Å². The Morgan fingerprint density at radius 2 is 1.04 bits per heavy atom. The van der Waals surface area contributed by atoms with E-state index in [-0.39, 0.29) is 11.6 Å². The van der Waals surface area contributed by atoms with Gasteiger partial charge in [0.25, 0.3) is 0 Å². The van der Waals surface area contributed by atoms with Crippen molar-refractivity contribution in [3.63, 3.8) is 0 Å². The first kappa shape index (κ1) is 38.0. The second kappa shape index (κ2) is 18.7. The fourth-order valence-electron chi connectivity index (χ4n) is 6.42. The van der Waals surface area contributed by atoms with Gasteiger partial charge in [0.15, 0.2) is 11.6 Å². The summed E-state index contributed by atoms with van der Waals surface area (Å²) >= 11 is 0. The van der Waals surface area contributed by atoms with Crippen molar-refractivity contribution in [2.24, 2.45) is 0 Å². The normalized spacial score (nSPS) is 11.4. The quantitative estimate of drug-likeness (QED) is 0.0750. The first-order valence-electron chi connectivity index (χ1n) is 17.4. The zero-order valence-electron chi connectivity index (χ0n) is 29.8. The largest absolute Gasteiger partial charge is 0.493 e. The van der Waals surface area contributed by atoms with Crippen LogP contribution in [0.15, 0.2) is 37.4 Å². The number of allylic oxidation sites excluding steroid dienone is 2. The Hall–Kier alpha value is -3.14. The molecule has 0 fully saturated rings. The van der Waals surface area contributed by atoms with Crippen LogP contribution in [0.3, 0.4) is 0 Å². The molecule has 0 N–H and O–H groups in total. The Bertz CT molecular complexity index is 1210. The number of carbonyl (C=O) groups excluding carboxylic acids is 2. The van der Waals surface area contributed by atoms with E-state index in [2.05, 4.69) is 66.8 Å². The van der Waals surface area contributed by atoms with Gasteiger partial charge in [0, 0.05) is 18.3 Å². The van der Waals surface area contributed by atoms with Crippen molar-refractivity contribution in [2.75, 3.05) is 13.2 Å². The van der Waals surface area contributed by atoms with E-state index in [0.29, 0.717) is 61.5 Å². The van der Waals surface area contributed by atoms with E-state index < -0.39 is 5.41 Å². The van der Waals surface area contributed by atoms with E-state index in [1.54, 1.807) is 0 Å². The summed E-state index contributed by atoms with van der Waals surface area (Å²) in [5.74, 6) is 1.59. The van der Waals surface area contributed by atoms with Gasteiger partial charge in [-0.1, -0.05) is 79.4 Å². The molecule has 0 aliphatic rings. The van der Waals surface area contributed by atoms with Crippen LogP contribution in [-0.4, -0.2) is 24.8 Å². The van der Waals surface area contributed by atoms with Gasteiger partial charge in [-0.3, -0.25) is 9.59 Å². The summed E-state index contributed by atoms with van der Waals surface area (Å²) in [6.45, 7) is 26.3. The minimum Gasteiger partial charge on any atom is -0.493 e. The molecule has 0 aromatic heterocycles. The SMILES string of the molecule is C=CCc1c(C(C)(C)c2cc(OCCCCC)c(C(=O)CCC)c(C)c2CC=C)cc(OCCCCC)c(C(=O)CCC)c1C. The lowest BCUT2D eigenvalue weighted by atomic mass is 9.70. The molecule has 2 aromatic carbocycles. The van der Waals surface area contributed by atoms with E-state index in [1.807, 2.05) is 26.0 Å². The maximum Gasteiger partial charge on any atom is 0.166 e. The van der Waals surface area contributed by atoms with Crippen LogP contribution in [0.2, 0.25) is 0 Å². The Kier molecular flexibility index (Phi) is 15.8. The van der Waals surface area contributed by atoms with Gasteiger partial charge in [0.05, 0.1) is 24.3 Å². The number of rotatable bonds is 22. The van der Waals surface area contributed by atoms with Crippen molar-refractivity contribution in [2.45, 2.75) is 138 Å². The molecule has 248 valence electrons. The zero-order chi connectivity index (χ0) is 33.6. The summed E-state index contributed by atoms with van der Waals surface area (Å²) in [5.41, 5.74) is 7.26. The predicted molar refractivity (Wildman–Crippen MR) is 191 cm³/mol. The highest BCUT2D eigenvalue weighted by molar-refractivity contribution is 6.01. The van der Waals surface area contributed by atoms with E-state index >= 15 is 0 Å². The third-order valence-electron chi connectivity index (χ3n) is 8.92. The standard InChI is InChI=1S/C41H60O4/c1-11-17-19-25-44-37-27-33(31(21-13-3)29(7)39(37)35(42)23-15-5)41(9,10)34-28-38(45-26-20-18-12-2)40(36(43)24-16-6)30(8)32(34)22-14-4/h13-14,27-28H,3-4,11-12,15-26H2,1-2,5-10H3. The number of ketones is 2. The molecule has 4 nitrogen and oxygen atoms in total. The highest BCUT2D eigenvalue weighted by atomic mass is 16.5. The van der Waals surface area contributed by atoms with Crippen LogP contribution in [0.1, 0.15) is 160 Å². The predicted octanol–water partition coefficient (Wildman–Crippen LogP) is 11.2. The maximum atomic E-state index is 13.5. The third-order valence-corrected chi connectivity index (χ3v) is 8.92. The summed E-state index contributed by atoms with van der Waals surface area (Å²) in [6.07, 6.45) is 13.9. The number of ether oxygens (including phenoxy) is 2. The first-order chi connectivity index (χ1) is 21.5. The van der Waals surface area contributed by atoms with Gasteiger partial charge in [-0.25, -0.2) is 0 Å². The van der Waals surface area contributed by atoms with Gasteiger partial charge in [0.1, 0.15) is 11.5 Å². The van der Waals surface area contributed by atoms with E-state index in [9.17, 15) is 9.59 Å². The molecule has 0 aliphatic carbocycles. The molecule has 4 heteroatoms. The second-order valence-corrected chi connectivity index (χ2v) is 12.9. The van der Waals surface area contributed by atoms with Crippen LogP contribution in [0, 0.1) is 13.8 Å². The first-order valence-corrected chi connectivity index (χ1v) is 17.4. The highest BCUT2D eigenvalue weighted by Crippen LogP contribution is 2.44. The molecule has 45 heavy (non-hydrogen) atoms. The van der Waals surface area contributed by atoms with Crippen molar-refractivity contribution in [3.8, 4) is 11.5 Å². The van der Waals surface area contributed by atoms with E-state index in [4.69, 9.17) is 9.47 Å². The molecule has 0 unspecified atom stereocenters. The molecular weight excluding hydrogens is 556 g/mol. The molecule has 0 bridgehead atoms. The number of carbonyl (C=O) groups is 2. The molecular formula is C41H60O4. The molecule has 0 amide bonds. The molecule has 0 spiro atoms. The lowest BCUT2D eigenvalue weighted by Gasteiger charge is -2.34. The van der Waals surface area contributed by atoms with Crippen LogP contribution in [0.25, 0.3) is 0 Å². The lowest BCUT2D eigenvalue weighted by Crippen LogP contribution is -2.26. The third kappa shape index (κ3) is 9.44. The van der Waals surface area contributed by atoms with Gasteiger partial charge in [-0.15, -0.1) is 13.2 Å². The van der Waals surface area contributed by atoms with Crippen LogP contribution < -0.4 is 9.47 Å². The summed E-state index contributed by atoms with van der Waals surface area (Å²) in [7, 11) is 0. The summed E-state index contributed by atoms with van der Waals surface area (Å²) < 4.78 is 12.9. The van der Waals surface area contributed by atoms with Crippen LogP contribution >= 0.6 is 0 Å². The topological polar surface area (TPSA) is 52.6 Å². The van der Waals surface area contributed by atoms with Gasteiger partial charge in [0.2, 0.25) is 0 Å². The number of hydrogen-bond acceptors (Lipinski definition) is 4. The molecule has 2 rings (SSSR count). The number of unbranched alkanes of at least 4 members (excludes halogenated alkanes) is 4. The number of benzene rings is 2. The highest BCUT2D eigenvalue weighted by Gasteiger charge is 2.34. The van der Waals surface area contributed by atoms with Gasteiger partial charge < -0.3 is 9.47 Å². The second-order valence-electron chi connectivity index (χ2n) is 12.9. The Labute approximate surface area is 274 Å². The maximum absolute atomic E-state index is 13.5. The smallest absolute Gasteiger partial charge is 0.166 e. The molecule has 0 atom stereocenters. The molecule has 0 aliphatic heterocycles. The Morgan fingerprint density at radius 3 is 1.36 bits per heavy atom. The summed E-state index contributed by atoms with van der Waals surface area (Å²) in [5, 5.41) is 0. The summed E-state index contributed by atoms with van der Waals surface area (Å²) in [6, 6.07) is 4.23. The average molecular weight is 617 g/mol. The van der Waals surface area contributed by atoms with E-state index in [0.717, 1.165) is 84.7 Å². The van der Waals surface area contributed by atoms with Gasteiger partial charge in [-0.05, 0) is 97.9 Å². The van der Waals surface area contributed by atoms with Crippen molar-refractivity contribution in [1.29, 1.82) is 0 Å². The molecule has 2 aromatic rings. The van der Waals surface area contributed by atoms with Crippen molar-refractivity contribution in [3.05, 3.63) is 82.0 Å². The summed E-state index contributed by atoms with van der Waals surface area (Å²) in [4.78, 5) is 27.1. The molecule has 0 radical (unpaired) electrons. The van der Waals surface area contributed by atoms with Gasteiger partial charge in [-0.2, -0.15) is 0 Å². The minimum absolute atomic E-state index is 0.125. The fraction of sp³-hybridized carbons (Fsp3) is 0.561. The minimum atomic E-state index is -0.506. The van der Waals surface area contributed by atoms with E-state index in [1.165, 1.54) is 0 Å². The molecule has 0 saturated heterocycles. The Balaban J connectivity index is 2.95. The average Bonchev–Trinajstić information content (AvgIpc) is 3.00. The van der Waals surface area contributed by atoms with Crippen LogP contribution in [0.5, 0.6) is 11.5 Å². The lowest BCUT2D eigenvalue weighted by molar-refractivity contribution is 0.0968. The number of Topliss-reactive ketones (excluding diaryl/α,β-unsaturated/α-hetero) is 2.